The lowest BCUT2D eigenvalue weighted by Crippen LogP contribution is -2.32. The molecule has 1 saturated carbocycles. The summed E-state index contributed by atoms with van der Waals surface area (Å²) in [5.41, 5.74) is 6.59. The van der Waals surface area contributed by atoms with E-state index in [9.17, 15) is 9.59 Å². The van der Waals surface area contributed by atoms with Gasteiger partial charge in [0, 0.05) is 30.6 Å². The molecule has 1 saturated heterocycles. The van der Waals surface area contributed by atoms with Gasteiger partial charge in [0.15, 0.2) is 0 Å². The van der Waals surface area contributed by atoms with Crippen molar-refractivity contribution < 1.29 is 9.59 Å². The van der Waals surface area contributed by atoms with Crippen molar-refractivity contribution in [2.24, 2.45) is 11.7 Å². The molecule has 0 unspecified atom stereocenters. The van der Waals surface area contributed by atoms with Crippen molar-refractivity contribution in [1.29, 1.82) is 0 Å². The highest BCUT2D eigenvalue weighted by atomic mass is 32.2. The van der Waals surface area contributed by atoms with Crippen LogP contribution in [0.3, 0.4) is 0 Å². The third-order valence-electron chi connectivity index (χ3n) is 5.30. The Morgan fingerprint density at radius 1 is 1.15 bits per heavy atom. The summed E-state index contributed by atoms with van der Waals surface area (Å²) in [5.74, 6) is 1.04. The Kier molecular flexibility index (Phi) is 6.97. The van der Waals surface area contributed by atoms with Gasteiger partial charge in [-0.3, -0.25) is 9.59 Å². The predicted molar refractivity (Wildman–Crippen MR) is 105 cm³/mol. The highest BCUT2D eigenvalue weighted by Gasteiger charge is 2.26. The zero-order valence-corrected chi connectivity index (χ0v) is 16.1. The first-order valence-corrected chi connectivity index (χ1v) is 10.7. The number of carbonyl (C=O) groups is 2. The first-order valence-electron chi connectivity index (χ1n) is 9.67. The molecule has 2 fully saturated rings. The number of hydrogen-bond acceptors (Lipinski definition) is 4. The highest BCUT2D eigenvalue weighted by Crippen LogP contribution is 2.25. The van der Waals surface area contributed by atoms with Crippen LogP contribution in [0.1, 0.15) is 48.9 Å². The molecule has 6 heteroatoms. The van der Waals surface area contributed by atoms with Crippen molar-refractivity contribution in [3.8, 4) is 0 Å². The molecule has 1 aromatic rings. The van der Waals surface area contributed by atoms with Crippen molar-refractivity contribution in [3.05, 3.63) is 29.8 Å². The molecule has 26 heavy (non-hydrogen) atoms. The van der Waals surface area contributed by atoms with Gasteiger partial charge in [-0.05, 0) is 37.3 Å². The molecule has 1 atom stereocenters. The lowest BCUT2D eigenvalue weighted by molar-refractivity contribution is -0.118. The van der Waals surface area contributed by atoms with Gasteiger partial charge in [0.05, 0.1) is 11.3 Å². The smallest absolute Gasteiger partial charge is 0.255 e. The van der Waals surface area contributed by atoms with Crippen LogP contribution in [-0.2, 0) is 4.79 Å². The first-order chi connectivity index (χ1) is 12.6. The van der Waals surface area contributed by atoms with Gasteiger partial charge in [0.2, 0.25) is 5.91 Å². The van der Waals surface area contributed by atoms with Crippen molar-refractivity contribution in [2.45, 2.75) is 49.5 Å². The monoisotopic (exact) mass is 375 g/mol. The number of rotatable bonds is 6. The summed E-state index contributed by atoms with van der Waals surface area (Å²) in [5, 5.41) is 3.06. The maximum atomic E-state index is 12.7. The second-order valence-electron chi connectivity index (χ2n) is 7.39. The van der Waals surface area contributed by atoms with Crippen LogP contribution in [0.2, 0.25) is 0 Å². The van der Waals surface area contributed by atoms with Crippen molar-refractivity contribution >= 4 is 23.6 Å². The number of likely N-dealkylation sites (tertiary alicyclic amines) is 1. The fraction of sp³-hybridized carbons (Fsp3) is 0.600. The highest BCUT2D eigenvalue weighted by molar-refractivity contribution is 8.00. The number of nitrogens with zero attached hydrogens (tertiary/aromatic N) is 1. The van der Waals surface area contributed by atoms with E-state index in [2.05, 4.69) is 5.32 Å². The molecule has 142 valence electrons. The molecule has 5 nitrogen and oxygen atoms in total. The Hall–Kier alpha value is -1.53. The van der Waals surface area contributed by atoms with E-state index >= 15 is 0 Å². The van der Waals surface area contributed by atoms with Gasteiger partial charge in [-0.15, -0.1) is 11.8 Å². The van der Waals surface area contributed by atoms with E-state index in [1.807, 2.05) is 29.2 Å². The van der Waals surface area contributed by atoms with E-state index in [-0.39, 0.29) is 17.9 Å². The number of thioether (sulfide) groups is 1. The summed E-state index contributed by atoms with van der Waals surface area (Å²) < 4.78 is 0. The van der Waals surface area contributed by atoms with Crippen LogP contribution in [0.25, 0.3) is 0 Å². The molecule has 1 aromatic carbocycles. The molecule has 0 bridgehead atoms. The fourth-order valence-corrected chi connectivity index (χ4v) is 4.63. The number of amides is 2. The lowest BCUT2D eigenvalue weighted by Gasteiger charge is -2.21. The van der Waals surface area contributed by atoms with Crippen LogP contribution in [-0.4, -0.2) is 48.1 Å². The molecule has 3 rings (SSSR count). The molecule has 3 N–H and O–H groups in total. The van der Waals surface area contributed by atoms with E-state index in [0.29, 0.717) is 30.3 Å². The third-order valence-corrected chi connectivity index (χ3v) is 6.37. The van der Waals surface area contributed by atoms with Crippen molar-refractivity contribution in [1.82, 2.24) is 10.2 Å². The second kappa shape index (κ2) is 9.42. The number of nitrogens with two attached hydrogens (primary N) is 1. The average molecular weight is 376 g/mol. The van der Waals surface area contributed by atoms with E-state index in [4.69, 9.17) is 5.73 Å². The summed E-state index contributed by atoms with van der Waals surface area (Å²) in [4.78, 5) is 27.6. The molecular weight excluding hydrogens is 346 g/mol. The van der Waals surface area contributed by atoms with Crippen LogP contribution in [0.4, 0.5) is 0 Å². The Morgan fingerprint density at radius 3 is 2.65 bits per heavy atom. The van der Waals surface area contributed by atoms with E-state index in [1.165, 1.54) is 43.9 Å². The summed E-state index contributed by atoms with van der Waals surface area (Å²) in [6, 6.07) is 7.62. The largest absolute Gasteiger partial charge is 0.355 e. The Morgan fingerprint density at radius 2 is 1.92 bits per heavy atom. The number of nitrogens with one attached hydrogen (secondary N) is 1. The van der Waals surface area contributed by atoms with Crippen LogP contribution < -0.4 is 11.1 Å². The first kappa shape index (κ1) is 19.2. The zero-order chi connectivity index (χ0) is 18.4. The summed E-state index contributed by atoms with van der Waals surface area (Å²) in [7, 11) is 0. The van der Waals surface area contributed by atoms with Crippen molar-refractivity contribution in [2.75, 3.05) is 25.4 Å². The maximum Gasteiger partial charge on any atom is 0.255 e. The maximum absolute atomic E-state index is 12.7. The standard InChI is InChI=1S/C20H29N3O2S/c21-16-10-11-23(13-16)20(25)17-8-4-5-9-18(17)26-14-19(24)22-12-15-6-2-1-3-7-15/h4-5,8-9,15-16H,1-3,6-7,10-14,21H2,(H,22,24)/t16-/m1/s1. The molecule has 1 aliphatic carbocycles. The Labute approximate surface area is 160 Å². The molecule has 1 aliphatic heterocycles. The van der Waals surface area contributed by atoms with Gasteiger partial charge in [-0.25, -0.2) is 0 Å². The SMILES string of the molecule is N[C@@H]1CCN(C(=O)c2ccccc2SCC(=O)NCC2CCCCC2)C1. The van der Waals surface area contributed by atoms with Crippen LogP contribution >= 0.6 is 11.8 Å². The van der Waals surface area contributed by atoms with Crippen LogP contribution in [0, 0.1) is 5.92 Å². The molecule has 2 amide bonds. The van der Waals surface area contributed by atoms with Crippen molar-refractivity contribution in [3.63, 3.8) is 0 Å². The quantitative estimate of drug-likeness (QED) is 0.750. The molecule has 2 aliphatic rings. The third kappa shape index (κ3) is 5.24. The molecular formula is C20H29N3O2S. The fourth-order valence-electron chi connectivity index (χ4n) is 3.76. The Bertz CT molecular complexity index is 631. The minimum atomic E-state index is 0.0173. The van der Waals surface area contributed by atoms with Gasteiger partial charge >= 0.3 is 0 Å². The van der Waals surface area contributed by atoms with E-state index in [0.717, 1.165) is 17.9 Å². The lowest BCUT2D eigenvalue weighted by atomic mass is 9.89. The number of hydrogen-bond donors (Lipinski definition) is 2. The minimum absolute atomic E-state index is 0.0173. The Balaban J connectivity index is 1.51. The van der Waals surface area contributed by atoms with Crippen LogP contribution in [0.5, 0.6) is 0 Å². The summed E-state index contributed by atoms with van der Waals surface area (Å²) in [6.07, 6.45) is 7.19. The summed E-state index contributed by atoms with van der Waals surface area (Å²) >= 11 is 1.44. The van der Waals surface area contributed by atoms with E-state index < -0.39 is 0 Å². The van der Waals surface area contributed by atoms with Gasteiger partial charge in [0.1, 0.15) is 0 Å². The van der Waals surface area contributed by atoms with Gasteiger partial charge in [-0.2, -0.15) is 0 Å². The molecule has 0 radical (unpaired) electrons. The molecule has 0 spiro atoms. The normalized spacial score (nSPS) is 21.0. The number of carbonyl (C=O) groups excluding carboxylic acids is 2. The minimum Gasteiger partial charge on any atom is -0.355 e. The topological polar surface area (TPSA) is 75.4 Å². The van der Waals surface area contributed by atoms with Gasteiger partial charge < -0.3 is 16.0 Å². The van der Waals surface area contributed by atoms with Gasteiger partial charge in [0.25, 0.3) is 5.91 Å². The molecule has 0 aromatic heterocycles. The number of benzene rings is 1. The second-order valence-corrected chi connectivity index (χ2v) is 8.41. The predicted octanol–water partition coefficient (Wildman–Crippen LogP) is 2.65. The summed E-state index contributed by atoms with van der Waals surface area (Å²) in [6.45, 7) is 2.10. The average Bonchev–Trinajstić information content (AvgIpc) is 3.11. The van der Waals surface area contributed by atoms with E-state index in [1.54, 1.807) is 0 Å². The zero-order valence-electron chi connectivity index (χ0n) is 15.3. The molecule has 1 heterocycles. The van der Waals surface area contributed by atoms with Crippen LogP contribution in [0.15, 0.2) is 29.2 Å². The van der Waals surface area contributed by atoms with Gasteiger partial charge in [-0.1, -0.05) is 31.4 Å².